The third-order valence-electron chi connectivity index (χ3n) is 14.9. The fourth-order valence-electron chi connectivity index (χ4n) is 10.0. The number of likely N-dealkylation sites (N-methyl/N-ethyl adjacent to an activating group) is 6. The van der Waals surface area contributed by atoms with Gasteiger partial charge in [-0.2, -0.15) is 15.3 Å². The number of ether oxygens (including phenoxy) is 3. The van der Waals surface area contributed by atoms with E-state index in [4.69, 9.17) is 24.4 Å². The molecule has 9 rings (SSSR count). The van der Waals surface area contributed by atoms with Gasteiger partial charge < -0.3 is 55.1 Å². The molecule has 0 unspecified atom stereocenters. The fourth-order valence-corrected chi connectivity index (χ4v) is 10.0. The van der Waals surface area contributed by atoms with Crippen LogP contribution in [0, 0.1) is 0 Å². The molecular formula is C68H82N14O5. The second-order valence-electron chi connectivity index (χ2n) is 22.3. The Balaban J connectivity index is 0.828. The average molecular weight is 1180 g/mol. The Labute approximate surface area is 511 Å². The van der Waals surface area contributed by atoms with Gasteiger partial charge in [0, 0.05) is 123 Å². The van der Waals surface area contributed by atoms with Crippen LogP contribution in [0.5, 0.6) is 34.5 Å². The van der Waals surface area contributed by atoms with Gasteiger partial charge in [0.1, 0.15) is 47.8 Å². The zero-order valence-corrected chi connectivity index (χ0v) is 51.5. The summed E-state index contributed by atoms with van der Waals surface area (Å²) in [6.07, 6.45) is 5.88. The highest BCUT2D eigenvalue weighted by Gasteiger charge is 2.20. The zero-order chi connectivity index (χ0) is 61.2. The number of hydrogen-bond donors (Lipinski definition) is 5. The lowest BCUT2D eigenvalue weighted by atomic mass is 10.0. The second-order valence-corrected chi connectivity index (χ2v) is 22.3. The average Bonchev–Trinajstić information content (AvgIpc) is 3.13. The molecule has 87 heavy (non-hydrogen) atoms. The van der Waals surface area contributed by atoms with Crippen molar-refractivity contribution in [1.29, 1.82) is 0 Å². The highest BCUT2D eigenvalue weighted by Crippen LogP contribution is 2.33. The molecular weight excluding hydrogens is 1090 g/mol. The van der Waals surface area contributed by atoms with Crippen molar-refractivity contribution in [3.8, 4) is 68.3 Å². The van der Waals surface area contributed by atoms with Crippen LogP contribution in [0.25, 0.3) is 33.8 Å². The van der Waals surface area contributed by atoms with Crippen LogP contribution in [0.3, 0.4) is 0 Å². The number of hydrogen-bond acceptors (Lipinski definition) is 14. The minimum Gasteiger partial charge on any atom is -0.457 e. The van der Waals surface area contributed by atoms with Gasteiger partial charge in [-0.3, -0.25) is 24.1 Å². The summed E-state index contributed by atoms with van der Waals surface area (Å²) in [6.45, 7) is 12.0. The summed E-state index contributed by atoms with van der Waals surface area (Å²) >= 11 is 0. The molecule has 0 radical (unpaired) electrons. The number of nitrogens with zero attached hydrogens (tertiary/aromatic N) is 9. The van der Waals surface area contributed by atoms with Crippen molar-refractivity contribution in [3.63, 3.8) is 0 Å². The largest absolute Gasteiger partial charge is 0.457 e. The second kappa shape index (κ2) is 30.4. The molecule has 9 aromatic rings. The standard InChI is InChI=1S/C68H82N14O5/c1-48(2)52-13-10-16-61(37-52)85-59-27-21-50(22-28-59)65-56(42-78(7)35-32-70-4)44-81(75-65)46-72-67(83)53-14-11-17-62(38-53)86-60-29-23-51(24-30-60)66-57(43-79(8)36-33-71-5)45-82(76-66)47-80(9)68(84)54-15-12-18-63(39-54)87-58-25-19-49(20-26-58)64-55(40-73-74-64)41-77(6)34-31-69-3/h10-30,37-40,44-45,48,69-71H,31-36,41-43,46-47H2,1-9H3,(H,72,83)(H,73,74). The summed E-state index contributed by atoms with van der Waals surface area (Å²) in [5.74, 6) is 3.80. The van der Waals surface area contributed by atoms with Gasteiger partial charge >= 0.3 is 0 Å². The maximum Gasteiger partial charge on any atom is 0.255 e. The summed E-state index contributed by atoms with van der Waals surface area (Å²) in [7, 11) is 13.9. The van der Waals surface area contributed by atoms with Crippen LogP contribution >= 0.6 is 0 Å². The Morgan fingerprint density at radius 3 is 1.49 bits per heavy atom. The van der Waals surface area contributed by atoms with Gasteiger partial charge in [-0.25, -0.2) is 0 Å². The fraction of sp³-hybridized carbons (Fsp3) is 0.309. The third-order valence-corrected chi connectivity index (χ3v) is 14.9. The SMILES string of the molecule is CNCCN(C)Cc1cn(CNC(=O)c2cccc(Oc3ccc(-c4nn(CN(C)C(=O)c5cccc(Oc6ccc(-c7[nH]ncc7CN(C)CCNC)cc6)c5)cc4CN(C)CCNC)cc3)c2)nc1-c1ccc(Oc2cccc(C(C)C)c2)cc1. The van der Waals surface area contributed by atoms with Gasteiger partial charge in [-0.05, 0) is 175 Å². The molecule has 0 aliphatic heterocycles. The molecule has 6 aromatic carbocycles. The van der Waals surface area contributed by atoms with Crippen LogP contribution in [0.2, 0.25) is 0 Å². The van der Waals surface area contributed by atoms with Crippen LogP contribution in [0.1, 0.15) is 62.7 Å². The molecule has 3 aromatic heterocycles. The van der Waals surface area contributed by atoms with E-state index in [1.54, 1.807) is 51.6 Å². The van der Waals surface area contributed by atoms with Gasteiger partial charge in [0.2, 0.25) is 0 Å². The predicted molar refractivity (Wildman–Crippen MR) is 343 cm³/mol. The van der Waals surface area contributed by atoms with E-state index in [1.807, 2.05) is 143 Å². The molecule has 19 nitrogen and oxygen atoms in total. The molecule has 0 atom stereocenters. The van der Waals surface area contributed by atoms with Crippen molar-refractivity contribution < 1.29 is 23.8 Å². The highest BCUT2D eigenvalue weighted by atomic mass is 16.5. The Kier molecular flexibility index (Phi) is 21.9. The summed E-state index contributed by atoms with van der Waals surface area (Å²) in [5, 5.41) is 30.2. The van der Waals surface area contributed by atoms with E-state index < -0.39 is 0 Å². The van der Waals surface area contributed by atoms with Gasteiger partial charge in [0.25, 0.3) is 11.8 Å². The smallest absolute Gasteiger partial charge is 0.255 e. The summed E-state index contributed by atoms with van der Waals surface area (Å²) in [6, 6.07) is 46.1. The molecule has 0 spiro atoms. The minimum atomic E-state index is -0.265. The maximum absolute atomic E-state index is 14.0. The summed E-state index contributed by atoms with van der Waals surface area (Å²) in [4.78, 5) is 36.1. The number of carbonyl (C=O) groups excluding carboxylic acids is 2. The molecule has 19 heteroatoms. The van der Waals surface area contributed by atoms with Crippen LogP contribution in [-0.4, -0.2) is 150 Å². The molecule has 0 aliphatic carbocycles. The number of amides is 2. The molecule has 0 bridgehead atoms. The number of benzene rings is 6. The van der Waals surface area contributed by atoms with Crippen molar-refractivity contribution in [1.82, 2.24) is 70.6 Å². The van der Waals surface area contributed by atoms with E-state index >= 15 is 0 Å². The Morgan fingerprint density at radius 1 is 0.529 bits per heavy atom. The van der Waals surface area contributed by atoms with Gasteiger partial charge in [0.15, 0.2) is 0 Å². The summed E-state index contributed by atoms with van der Waals surface area (Å²) in [5.41, 5.74) is 10.8. The topological polar surface area (TPSA) is 187 Å². The van der Waals surface area contributed by atoms with Crippen LogP contribution < -0.4 is 35.5 Å². The van der Waals surface area contributed by atoms with Gasteiger partial charge in [-0.15, -0.1) is 0 Å². The highest BCUT2D eigenvalue weighted by molar-refractivity contribution is 5.95. The first-order chi connectivity index (χ1) is 42.2. The lowest BCUT2D eigenvalue weighted by molar-refractivity contribution is 0.0744. The van der Waals surface area contributed by atoms with Gasteiger partial charge in [-0.1, -0.05) is 38.1 Å². The zero-order valence-electron chi connectivity index (χ0n) is 51.5. The number of aromatic nitrogens is 6. The monoisotopic (exact) mass is 1170 g/mol. The molecule has 454 valence electrons. The number of nitrogens with one attached hydrogen (secondary N) is 5. The van der Waals surface area contributed by atoms with Crippen molar-refractivity contribution in [2.45, 2.75) is 52.7 Å². The molecule has 0 aliphatic rings. The van der Waals surface area contributed by atoms with E-state index in [2.05, 4.69) is 93.3 Å². The van der Waals surface area contributed by atoms with E-state index in [1.165, 1.54) is 5.56 Å². The quantitative estimate of drug-likeness (QED) is 0.0276. The molecule has 5 N–H and O–H groups in total. The predicted octanol–water partition coefficient (Wildman–Crippen LogP) is 10.4. The normalized spacial score (nSPS) is 11.5. The lowest BCUT2D eigenvalue weighted by Crippen LogP contribution is -2.29. The van der Waals surface area contributed by atoms with Crippen molar-refractivity contribution in [3.05, 3.63) is 198 Å². The van der Waals surface area contributed by atoms with Crippen molar-refractivity contribution in [2.24, 2.45) is 0 Å². The molecule has 0 fully saturated rings. The molecule has 2 amide bonds. The van der Waals surface area contributed by atoms with E-state index in [9.17, 15) is 9.59 Å². The minimum absolute atomic E-state index is 0.160. The first kappa shape index (κ1) is 62.6. The van der Waals surface area contributed by atoms with E-state index in [0.717, 1.165) is 108 Å². The number of H-pyrrole nitrogens is 1. The maximum atomic E-state index is 14.0. The number of aromatic amines is 1. The number of rotatable bonds is 31. The van der Waals surface area contributed by atoms with Crippen LogP contribution in [0.4, 0.5) is 0 Å². The lowest BCUT2D eigenvalue weighted by Gasteiger charge is -2.18. The van der Waals surface area contributed by atoms with Crippen LogP contribution in [-0.2, 0) is 33.0 Å². The molecule has 0 saturated heterocycles. The first-order valence-corrected chi connectivity index (χ1v) is 29.5. The van der Waals surface area contributed by atoms with Crippen molar-refractivity contribution >= 4 is 11.8 Å². The molecule has 0 saturated carbocycles. The molecule has 3 heterocycles. The van der Waals surface area contributed by atoms with Gasteiger partial charge in [0.05, 0.1) is 23.3 Å². The third kappa shape index (κ3) is 17.4. The number of carbonyl (C=O) groups is 2. The first-order valence-electron chi connectivity index (χ1n) is 29.5. The Bertz CT molecular complexity index is 3650. The van der Waals surface area contributed by atoms with Crippen molar-refractivity contribution in [2.75, 3.05) is 88.6 Å². The summed E-state index contributed by atoms with van der Waals surface area (Å²) < 4.78 is 22.4. The van der Waals surface area contributed by atoms with E-state index in [-0.39, 0.29) is 25.2 Å². The van der Waals surface area contributed by atoms with E-state index in [0.29, 0.717) is 53.1 Å². The Morgan fingerprint density at radius 2 is 0.977 bits per heavy atom. The van der Waals surface area contributed by atoms with Crippen LogP contribution in [0.15, 0.2) is 164 Å². The Hall–Kier alpha value is -8.95.